The van der Waals surface area contributed by atoms with E-state index in [-0.39, 0.29) is 11.6 Å². The minimum absolute atomic E-state index is 0.0156. The van der Waals surface area contributed by atoms with E-state index in [4.69, 9.17) is 21.3 Å². The maximum Gasteiger partial charge on any atom is 0.259 e. The molecule has 2 atom stereocenters. The van der Waals surface area contributed by atoms with Gasteiger partial charge in [0.1, 0.15) is 23.0 Å². The molecule has 2 heterocycles. The smallest absolute Gasteiger partial charge is 0.259 e. The van der Waals surface area contributed by atoms with Crippen molar-refractivity contribution < 1.29 is 4.74 Å². The summed E-state index contributed by atoms with van der Waals surface area (Å²) in [5, 5.41) is 4.85. The van der Waals surface area contributed by atoms with E-state index in [1.54, 1.807) is 23.5 Å². The predicted octanol–water partition coefficient (Wildman–Crippen LogP) is 4.49. The molecule has 7 heteroatoms. The van der Waals surface area contributed by atoms with Crippen molar-refractivity contribution in [3.8, 4) is 5.75 Å². The van der Waals surface area contributed by atoms with Crippen LogP contribution in [0.5, 0.6) is 5.75 Å². The fraction of sp³-hybridized carbons (Fsp3) is 0.429. The minimum Gasteiger partial charge on any atom is -0.492 e. The maximum atomic E-state index is 12.7. The predicted molar refractivity (Wildman–Crippen MR) is 115 cm³/mol. The van der Waals surface area contributed by atoms with Crippen molar-refractivity contribution in [1.29, 1.82) is 0 Å². The fourth-order valence-electron chi connectivity index (χ4n) is 3.64. The molecule has 3 aromatic rings. The second-order valence-electron chi connectivity index (χ2n) is 7.46. The fourth-order valence-corrected chi connectivity index (χ4v) is 5.16. The van der Waals surface area contributed by atoms with Gasteiger partial charge in [0, 0.05) is 16.4 Å². The van der Waals surface area contributed by atoms with Gasteiger partial charge in [0.2, 0.25) is 0 Å². The van der Waals surface area contributed by atoms with Gasteiger partial charge in [0.15, 0.2) is 0 Å². The zero-order valence-corrected chi connectivity index (χ0v) is 17.6. The monoisotopic (exact) mass is 417 g/mol. The van der Waals surface area contributed by atoms with Crippen LogP contribution in [-0.4, -0.2) is 23.1 Å². The molecule has 28 heavy (non-hydrogen) atoms. The van der Waals surface area contributed by atoms with Gasteiger partial charge in [-0.25, -0.2) is 4.98 Å². The van der Waals surface area contributed by atoms with Crippen molar-refractivity contribution in [2.24, 2.45) is 5.92 Å². The summed E-state index contributed by atoms with van der Waals surface area (Å²) in [6, 6.07) is 7.23. The van der Waals surface area contributed by atoms with E-state index in [1.807, 2.05) is 19.1 Å². The van der Waals surface area contributed by atoms with E-state index in [1.165, 1.54) is 10.4 Å². The summed E-state index contributed by atoms with van der Waals surface area (Å²) < 4.78 is 5.69. The molecular weight excluding hydrogens is 394 g/mol. The zero-order valence-electron chi connectivity index (χ0n) is 16.0. The molecule has 0 fully saturated rings. The highest BCUT2D eigenvalue weighted by atomic mass is 35.5. The summed E-state index contributed by atoms with van der Waals surface area (Å²) in [5.74, 6) is 2.14. The van der Waals surface area contributed by atoms with Crippen molar-refractivity contribution in [2.45, 2.75) is 39.2 Å². The molecule has 0 unspecified atom stereocenters. The van der Waals surface area contributed by atoms with E-state index in [9.17, 15) is 4.79 Å². The molecule has 148 valence electrons. The first kappa shape index (κ1) is 19.4. The van der Waals surface area contributed by atoms with Crippen LogP contribution in [0.3, 0.4) is 0 Å². The number of fused-ring (bicyclic) bond motifs is 3. The molecule has 1 aromatic carbocycles. The van der Waals surface area contributed by atoms with Crippen molar-refractivity contribution in [3.63, 3.8) is 0 Å². The van der Waals surface area contributed by atoms with Gasteiger partial charge < -0.3 is 15.0 Å². The average molecular weight is 418 g/mol. The second-order valence-corrected chi connectivity index (χ2v) is 8.98. The third-order valence-electron chi connectivity index (χ3n) is 5.23. The zero-order chi connectivity index (χ0) is 19.7. The number of rotatable bonds is 6. The summed E-state index contributed by atoms with van der Waals surface area (Å²) >= 11 is 7.56. The second kappa shape index (κ2) is 8.23. The van der Waals surface area contributed by atoms with E-state index < -0.39 is 0 Å². The summed E-state index contributed by atoms with van der Waals surface area (Å²) in [6.45, 7) is 5.43. The first-order valence-electron chi connectivity index (χ1n) is 9.67. The van der Waals surface area contributed by atoms with Gasteiger partial charge in [-0.1, -0.05) is 18.5 Å². The summed E-state index contributed by atoms with van der Waals surface area (Å²) in [7, 11) is 0. The molecule has 0 bridgehead atoms. The lowest BCUT2D eigenvalue weighted by atomic mass is 9.89. The Labute approximate surface area is 173 Å². The van der Waals surface area contributed by atoms with Crippen molar-refractivity contribution in [3.05, 3.63) is 55.9 Å². The molecule has 2 N–H and O–H groups in total. The van der Waals surface area contributed by atoms with E-state index in [2.05, 4.69) is 17.2 Å². The molecular formula is C21H24ClN3O2S. The normalized spacial score (nSPS) is 17.5. The number of aryl methyl sites for hydroxylation is 1. The number of thiophene rings is 1. The lowest BCUT2D eigenvalue weighted by Crippen LogP contribution is -2.27. The van der Waals surface area contributed by atoms with E-state index in [0.29, 0.717) is 29.9 Å². The Kier molecular flexibility index (Phi) is 5.71. The van der Waals surface area contributed by atoms with E-state index >= 15 is 0 Å². The summed E-state index contributed by atoms with van der Waals surface area (Å²) in [4.78, 5) is 22.6. The highest BCUT2D eigenvalue weighted by Gasteiger charge is 2.23. The largest absolute Gasteiger partial charge is 0.492 e. The Balaban J connectivity index is 1.42. The van der Waals surface area contributed by atoms with Gasteiger partial charge in [-0.2, -0.15) is 0 Å². The number of benzene rings is 1. The average Bonchev–Trinajstić information content (AvgIpc) is 3.04. The maximum absolute atomic E-state index is 12.7. The van der Waals surface area contributed by atoms with Gasteiger partial charge in [0.25, 0.3) is 5.56 Å². The van der Waals surface area contributed by atoms with Gasteiger partial charge in [-0.3, -0.25) is 4.79 Å². The molecule has 2 aromatic heterocycles. The molecule has 0 spiro atoms. The van der Waals surface area contributed by atoms with Crippen LogP contribution >= 0.6 is 22.9 Å². The number of aromatic amines is 1. The highest BCUT2D eigenvalue weighted by Crippen LogP contribution is 2.35. The number of nitrogens with one attached hydrogen (secondary N) is 2. The standard InChI is InChI=1S/C21H24ClN3O2S/c1-12-3-8-16-17(11-12)28-21-18(16)20(26)24-19(25-21)13(2)23-9-10-27-15-6-4-14(22)5-7-15/h4-7,12-13,23H,3,8-11H2,1-2H3,(H,24,25,26)/t12-,13-/m1/s1. The molecule has 0 saturated heterocycles. The molecule has 5 nitrogen and oxygen atoms in total. The van der Waals surface area contributed by atoms with Crippen LogP contribution in [0.2, 0.25) is 5.02 Å². The van der Waals surface area contributed by atoms with E-state index in [0.717, 1.165) is 35.2 Å². The number of hydrogen-bond donors (Lipinski definition) is 2. The quantitative estimate of drug-likeness (QED) is 0.580. The van der Waals surface area contributed by atoms with Gasteiger partial charge in [-0.05, 0) is 61.9 Å². The first-order valence-corrected chi connectivity index (χ1v) is 10.9. The Morgan fingerprint density at radius 3 is 2.96 bits per heavy atom. The molecule has 0 saturated carbocycles. The molecule has 0 aliphatic heterocycles. The van der Waals surface area contributed by atoms with Crippen LogP contribution < -0.4 is 15.6 Å². The minimum atomic E-state index is -0.0658. The number of aromatic nitrogens is 2. The Hall–Kier alpha value is -1.89. The van der Waals surface area contributed by atoms with Crippen molar-refractivity contribution in [2.75, 3.05) is 13.2 Å². The van der Waals surface area contributed by atoms with Crippen LogP contribution in [0, 0.1) is 5.92 Å². The van der Waals surface area contributed by atoms with Crippen LogP contribution in [0.15, 0.2) is 29.1 Å². The Morgan fingerprint density at radius 1 is 1.39 bits per heavy atom. The number of ether oxygens (including phenoxy) is 1. The molecule has 4 rings (SSSR count). The van der Waals surface area contributed by atoms with Crippen molar-refractivity contribution in [1.82, 2.24) is 15.3 Å². The third-order valence-corrected chi connectivity index (χ3v) is 6.63. The molecule has 1 aliphatic rings. The number of nitrogens with zero attached hydrogens (tertiary/aromatic N) is 1. The number of hydrogen-bond acceptors (Lipinski definition) is 5. The Bertz CT molecular complexity index is 1030. The van der Waals surface area contributed by atoms with Crippen molar-refractivity contribution >= 4 is 33.2 Å². The SMILES string of the molecule is C[C@@H]1CCc2c(sc3nc([C@@H](C)NCCOc4ccc(Cl)cc4)[nH]c(=O)c23)C1. The lowest BCUT2D eigenvalue weighted by Gasteiger charge is -2.17. The number of halogens is 1. The first-order chi connectivity index (χ1) is 13.5. The lowest BCUT2D eigenvalue weighted by molar-refractivity contribution is 0.306. The Morgan fingerprint density at radius 2 is 2.18 bits per heavy atom. The molecule has 0 radical (unpaired) electrons. The van der Waals surface area contributed by atoms with Crippen LogP contribution in [0.1, 0.15) is 42.6 Å². The van der Waals surface area contributed by atoms with Gasteiger partial charge in [-0.15, -0.1) is 11.3 Å². The summed E-state index contributed by atoms with van der Waals surface area (Å²) in [6.07, 6.45) is 3.18. The third kappa shape index (κ3) is 4.09. The van der Waals surface area contributed by atoms with Crippen LogP contribution in [0.4, 0.5) is 0 Å². The van der Waals surface area contributed by atoms with Crippen LogP contribution in [-0.2, 0) is 12.8 Å². The number of H-pyrrole nitrogens is 1. The van der Waals surface area contributed by atoms with Gasteiger partial charge in [0.05, 0.1) is 11.4 Å². The molecule has 1 aliphatic carbocycles. The molecule has 0 amide bonds. The topological polar surface area (TPSA) is 67.0 Å². The van der Waals surface area contributed by atoms with Gasteiger partial charge >= 0.3 is 0 Å². The van der Waals surface area contributed by atoms with Crippen LogP contribution in [0.25, 0.3) is 10.2 Å². The summed E-state index contributed by atoms with van der Waals surface area (Å²) in [5.41, 5.74) is 1.20. The highest BCUT2D eigenvalue weighted by molar-refractivity contribution is 7.18.